The van der Waals surface area contributed by atoms with Gasteiger partial charge in [0.05, 0.1) is 17.7 Å². The number of carboxylic acid groups (broad SMARTS) is 1. The molecule has 0 saturated carbocycles. The number of fused-ring (bicyclic) bond motifs is 1. The maximum absolute atomic E-state index is 13.8. The highest BCUT2D eigenvalue weighted by molar-refractivity contribution is 7.18. The Morgan fingerprint density at radius 2 is 1.92 bits per heavy atom. The second-order valence-corrected chi connectivity index (χ2v) is 6.94. The number of amides is 1. The third kappa shape index (κ3) is 4.94. The standard InChI is InChI=1S/C17H19F3N2O3S/c1-2-3-4-7-22(13(23)5-6-14(24)25)9-12-21-16-15(20)10(18)8-11(19)17(16)26-12/h8H,2-7,9H2,1H3,(H,24,25). The van der Waals surface area contributed by atoms with Crippen molar-refractivity contribution >= 4 is 33.4 Å². The van der Waals surface area contributed by atoms with Crippen LogP contribution in [-0.2, 0) is 16.1 Å². The number of carboxylic acids is 1. The number of hydrogen-bond donors (Lipinski definition) is 1. The predicted octanol–water partition coefficient (Wildman–Crippen LogP) is 4.10. The summed E-state index contributed by atoms with van der Waals surface area (Å²) < 4.78 is 40.8. The lowest BCUT2D eigenvalue weighted by Gasteiger charge is -2.21. The summed E-state index contributed by atoms with van der Waals surface area (Å²) in [6, 6.07) is 0.469. The maximum atomic E-state index is 13.8. The van der Waals surface area contributed by atoms with Gasteiger partial charge in [-0.05, 0) is 6.42 Å². The molecule has 0 aliphatic heterocycles. The third-order valence-corrected chi connectivity index (χ3v) is 4.87. The molecule has 1 amide bonds. The minimum Gasteiger partial charge on any atom is -0.481 e. The first-order valence-corrected chi connectivity index (χ1v) is 9.07. The Balaban J connectivity index is 2.22. The SMILES string of the molecule is CCCCCN(Cc1nc2c(F)c(F)cc(F)c2s1)C(=O)CCC(=O)O. The molecule has 5 nitrogen and oxygen atoms in total. The van der Waals surface area contributed by atoms with Crippen LogP contribution in [0.5, 0.6) is 0 Å². The number of unbranched alkanes of at least 4 members (excludes halogenated alkanes) is 2. The molecule has 0 spiro atoms. The molecule has 0 bridgehead atoms. The Morgan fingerprint density at radius 1 is 1.19 bits per heavy atom. The van der Waals surface area contributed by atoms with Crippen LogP contribution in [0.15, 0.2) is 6.07 Å². The van der Waals surface area contributed by atoms with Crippen LogP contribution in [0.1, 0.15) is 44.0 Å². The molecule has 0 radical (unpaired) electrons. The molecule has 0 aliphatic carbocycles. The highest BCUT2D eigenvalue weighted by atomic mass is 32.1. The largest absolute Gasteiger partial charge is 0.481 e. The summed E-state index contributed by atoms with van der Waals surface area (Å²) in [6.45, 7) is 2.40. The van der Waals surface area contributed by atoms with Crippen LogP contribution in [0.25, 0.3) is 10.2 Å². The van der Waals surface area contributed by atoms with Gasteiger partial charge in [-0.1, -0.05) is 19.8 Å². The van der Waals surface area contributed by atoms with Gasteiger partial charge in [0.25, 0.3) is 0 Å². The van der Waals surface area contributed by atoms with E-state index < -0.39 is 28.9 Å². The van der Waals surface area contributed by atoms with Crippen molar-refractivity contribution in [1.29, 1.82) is 0 Å². The van der Waals surface area contributed by atoms with Gasteiger partial charge in [0.15, 0.2) is 11.6 Å². The van der Waals surface area contributed by atoms with Gasteiger partial charge in [-0.3, -0.25) is 9.59 Å². The van der Waals surface area contributed by atoms with Crippen LogP contribution in [-0.4, -0.2) is 33.4 Å². The summed E-state index contributed by atoms with van der Waals surface area (Å²) in [5, 5.41) is 9.00. The number of aromatic nitrogens is 1. The molecule has 26 heavy (non-hydrogen) atoms. The van der Waals surface area contributed by atoms with Gasteiger partial charge >= 0.3 is 5.97 Å². The monoisotopic (exact) mass is 388 g/mol. The van der Waals surface area contributed by atoms with E-state index in [4.69, 9.17) is 5.11 Å². The zero-order valence-electron chi connectivity index (χ0n) is 14.2. The Bertz CT molecular complexity index is 810. The van der Waals surface area contributed by atoms with Gasteiger partial charge in [0, 0.05) is 19.0 Å². The van der Waals surface area contributed by atoms with E-state index in [2.05, 4.69) is 4.98 Å². The normalized spacial score (nSPS) is 11.1. The summed E-state index contributed by atoms with van der Waals surface area (Å²) in [7, 11) is 0. The zero-order valence-corrected chi connectivity index (χ0v) is 15.0. The van der Waals surface area contributed by atoms with Crippen molar-refractivity contribution in [3.63, 3.8) is 0 Å². The fourth-order valence-electron chi connectivity index (χ4n) is 2.48. The average Bonchev–Trinajstić information content (AvgIpc) is 3.01. The summed E-state index contributed by atoms with van der Waals surface area (Å²) in [4.78, 5) is 28.3. The number of halogens is 3. The van der Waals surface area contributed by atoms with Gasteiger partial charge in [0.2, 0.25) is 5.91 Å². The second-order valence-electron chi connectivity index (χ2n) is 5.86. The number of carbonyl (C=O) groups is 2. The Hall–Kier alpha value is -2.16. The number of rotatable bonds is 9. The van der Waals surface area contributed by atoms with Gasteiger partial charge in [-0.2, -0.15) is 0 Å². The Morgan fingerprint density at radius 3 is 2.58 bits per heavy atom. The molecular weight excluding hydrogens is 369 g/mol. The van der Waals surface area contributed by atoms with Crippen molar-refractivity contribution in [2.45, 2.75) is 45.6 Å². The van der Waals surface area contributed by atoms with Gasteiger partial charge in [0.1, 0.15) is 16.3 Å². The Labute approximate surface area is 152 Å². The lowest BCUT2D eigenvalue weighted by Crippen LogP contribution is -2.31. The molecule has 2 aromatic rings. The van der Waals surface area contributed by atoms with Gasteiger partial charge < -0.3 is 10.0 Å². The fourth-order valence-corrected chi connectivity index (χ4v) is 3.46. The van der Waals surface area contributed by atoms with E-state index >= 15 is 0 Å². The first-order chi connectivity index (χ1) is 12.3. The summed E-state index contributed by atoms with van der Waals surface area (Å²) in [5.41, 5.74) is -0.394. The fraction of sp³-hybridized carbons (Fsp3) is 0.471. The average molecular weight is 388 g/mol. The van der Waals surface area contributed by atoms with Crippen molar-refractivity contribution in [2.24, 2.45) is 0 Å². The lowest BCUT2D eigenvalue weighted by atomic mass is 10.2. The Kier molecular flexibility index (Phi) is 6.96. The molecule has 1 aromatic heterocycles. The zero-order chi connectivity index (χ0) is 19.3. The maximum Gasteiger partial charge on any atom is 0.303 e. The molecule has 0 atom stereocenters. The number of hydrogen-bond acceptors (Lipinski definition) is 4. The predicted molar refractivity (Wildman–Crippen MR) is 91.3 cm³/mol. The van der Waals surface area contributed by atoms with Crippen LogP contribution in [0.3, 0.4) is 0 Å². The van der Waals surface area contributed by atoms with Crippen molar-refractivity contribution in [3.8, 4) is 0 Å². The number of benzene rings is 1. The molecule has 1 aromatic carbocycles. The quantitative estimate of drug-likeness (QED) is 0.519. The number of nitrogens with zero attached hydrogens (tertiary/aromatic N) is 2. The lowest BCUT2D eigenvalue weighted by molar-refractivity contribution is -0.141. The third-order valence-electron chi connectivity index (χ3n) is 3.82. The summed E-state index contributed by atoms with van der Waals surface area (Å²) in [6.07, 6.45) is 2.09. The molecule has 2 rings (SSSR count). The van der Waals surface area contributed by atoms with E-state index in [0.29, 0.717) is 12.6 Å². The van der Waals surface area contributed by atoms with E-state index in [1.807, 2.05) is 6.92 Å². The molecule has 0 aliphatic rings. The first-order valence-electron chi connectivity index (χ1n) is 8.26. The van der Waals surface area contributed by atoms with Crippen molar-refractivity contribution < 1.29 is 27.9 Å². The molecule has 0 fully saturated rings. The molecule has 9 heteroatoms. The van der Waals surface area contributed by atoms with Crippen LogP contribution in [0.2, 0.25) is 0 Å². The van der Waals surface area contributed by atoms with Crippen LogP contribution in [0, 0.1) is 17.5 Å². The number of carbonyl (C=O) groups excluding carboxylic acids is 1. The first kappa shape index (κ1) is 20.2. The second kappa shape index (κ2) is 8.98. The van der Waals surface area contributed by atoms with E-state index in [9.17, 15) is 22.8 Å². The van der Waals surface area contributed by atoms with Crippen LogP contribution < -0.4 is 0 Å². The minimum absolute atomic E-state index is 0.00200. The topological polar surface area (TPSA) is 70.5 Å². The molecule has 0 saturated heterocycles. The van der Waals surface area contributed by atoms with Crippen LogP contribution in [0.4, 0.5) is 13.2 Å². The molecular formula is C17H19F3N2O3S. The number of thiazole rings is 1. The van der Waals surface area contributed by atoms with Crippen LogP contribution >= 0.6 is 11.3 Å². The van der Waals surface area contributed by atoms with Crippen molar-refractivity contribution in [2.75, 3.05) is 6.54 Å². The minimum atomic E-state index is -1.32. The van der Waals surface area contributed by atoms with Gasteiger partial charge in [-0.25, -0.2) is 18.2 Å². The van der Waals surface area contributed by atoms with E-state index in [1.165, 1.54) is 4.90 Å². The van der Waals surface area contributed by atoms with Crippen molar-refractivity contribution in [1.82, 2.24) is 9.88 Å². The smallest absolute Gasteiger partial charge is 0.303 e. The van der Waals surface area contributed by atoms with E-state index in [-0.39, 0.29) is 35.0 Å². The summed E-state index contributed by atoms with van der Waals surface area (Å²) >= 11 is 0.853. The summed E-state index contributed by atoms with van der Waals surface area (Å²) in [5.74, 6) is -4.89. The van der Waals surface area contributed by atoms with Gasteiger partial charge in [-0.15, -0.1) is 11.3 Å². The van der Waals surface area contributed by atoms with E-state index in [0.717, 1.165) is 30.6 Å². The van der Waals surface area contributed by atoms with E-state index in [1.54, 1.807) is 0 Å². The molecule has 0 unspecified atom stereocenters. The highest BCUT2D eigenvalue weighted by Gasteiger charge is 2.21. The molecule has 142 valence electrons. The molecule has 1 N–H and O–H groups in total. The molecule has 1 heterocycles. The van der Waals surface area contributed by atoms with Crippen molar-refractivity contribution in [3.05, 3.63) is 28.5 Å². The highest BCUT2D eigenvalue weighted by Crippen LogP contribution is 2.29. The number of aliphatic carboxylic acids is 1.